The molecule has 0 unspecified atom stereocenters. The lowest BCUT2D eigenvalue weighted by atomic mass is 9.92. The highest BCUT2D eigenvalue weighted by atomic mass is 35.5. The Hall–Kier alpha value is -3.71. The second-order valence-electron chi connectivity index (χ2n) is 10.6. The molecule has 8 heteroatoms. The Morgan fingerprint density at radius 2 is 1.75 bits per heavy atom. The molecule has 208 valence electrons. The van der Waals surface area contributed by atoms with Crippen LogP contribution in [0.2, 0.25) is 5.02 Å². The van der Waals surface area contributed by atoms with Gasteiger partial charge in [-0.25, -0.2) is 0 Å². The van der Waals surface area contributed by atoms with Crippen molar-refractivity contribution in [3.63, 3.8) is 0 Å². The van der Waals surface area contributed by atoms with Gasteiger partial charge in [-0.2, -0.15) is 8.78 Å². The Balaban J connectivity index is 1.30. The maximum absolute atomic E-state index is 14.1. The number of hydrogen-bond donors (Lipinski definition) is 2. The molecule has 0 aromatic heterocycles. The van der Waals surface area contributed by atoms with E-state index in [-0.39, 0.29) is 11.8 Å². The number of anilines is 2. The summed E-state index contributed by atoms with van der Waals surface area (Å²) in [5, 5.41) is 12.8. The second-order valence-corrected chi connectivity index (χ2v) is 11.0. The Labute approximate surface area is 239 Å². The number of aryl methyl sites for hydroxylation is 1. The van der Waals surface area contributed by atoms with Gasteiger partial charge in [0.25, 0.3) is 5.91 Å². The maximum Gasteiger partial charge on any atom is 0.319 e. The fourth-order valence-corrected chi connectivity index (χ4v) is 5.47. The number of nitrogens with zero attached hydrogens (tertiary/aromatic N) is 2. The molecule has 5 nitrogen and oxygen atoms in total. The van der Waals surface area contributed by atoms with Crippen molar-refractivity contribution in [2.24, 2.45) is 5.92 Å². The van der Waals surface area contributed by atoms with Crippen molar-refractivity contribution in [3.8, 4) is 0 Å². The summed E-state index contributed by atoms with van der Waals surface area (Å²) in [6, 6.07) is 20.0. The van der Waals surface area contributed by atoms with Crippen molar-refractivity contribution in [1.29, 1.82) is 5.41 Å². The molecule has 1 amide bonds. The number of hydrogen-bond acceptors (Lipinski definition) is 4. The highest BCUT2D eigenvalue weighted by molar-refractivity contribution is 6.31. The number of piperidine rings is 1. The first kappa shape index (κ1) is 27.8. The van der Waals surface area contributed by atoms with Gasteiger partial charge in [0, 0.05) is 63.8 Å². The summed E-state index contributed by atoms with van der Waals surface area (Å²) in [5.41, 5.74) is 4.65. The Bertz CT molecular complexity index is 1430. The number of rotatable bonds is 9. The number of carbonyl (C=O) groups excluding carboxylic acids is 1. The lowest BCUT2D eigenvalue weighted by molar-refractivity contribution is 0.0695. The number of halogens is 3. The number of benzene rings is 3. The smallest absolute Gasteiger partial charge is 0.319 e. The molecule has 2 fully saturated rings. The zero-order chi connectivity index (χ0) is 28.4. The zero-order valence-electron chi connectivity index (χ0n) is 22.5. The molecular weight excluding hydrogens is 530 g/mol. The Morgan fingerprint density at radius 3 is 2.40 bits per heavy atom. The number of carbonyl (C=O) groups is 1. The van der Waals surface area contributed by atoms with Crippen molar-refractivity contribution in [3.05, 3.63) is 106 Å². The maximum atomic E-state index is 14.1. The molecule has 2 N–H and O–H groups in total. The molecular formula is C32H33ClF2N4O. The Morgan fingerprint density at radius 1 is 1.02 bits per heavy atom. The van der Waals surface area contributed by atoms with E-state index in [1.54, 1.807) is 35.2 Å². The summed E-state index contributed by atoms with van der Waals surface area (Å²) in [6.07, 6.45) is 3.23. The molecule has 2 aliphatic rings. The summed E-state index contributed by atoms with van der Waals surface area (Å²) in [7, 11) is 0. The number of nitrogens with one attached hydrogen (secondary N) is 2. The predicted octanol–water partition coefficient (Wildman–Crippen LogP) is 7.73. The second kappa shape index (κ2) is 11.8. The van der Waals surface area contributed by atoms with Gasteiger partial charge in [-0.3, -0.25) is 15.1 Å². The molecule has 1 aliphatic carbocycles. The molecule has 3 aromatic rings. The van der Waals surface area contributed by atoms with E-state index >= 15 is 0 Å². The van der Waals surface area contributed by atoms with Gasteiger partial charge in [0.1, 0.15) is 0 Å². The van der Waals surface area contributed by atoms with Crippen LogP contribution in [0, 0.1) is 18.3 Å². The molecule has 3 aromatic carbocycles. The topological polar surface area (TPSA) is 59.4 Å². The minimum atomic E-state index is -2.70. The van der Waals surface area contributed by atoms with E-state index in [9.17, 15) is 13.6 Å². The fraction of sp³-hybridized carbons (Fsp3) is 0.312. The van der Waals surface area contributed by atoms with Crippen LogP contribution in [0.4, 0.5) is 20.2 Å². The molecule has 1 saturated carbocycles. The normalized spacial score (nSPS) is 15.7. The van der Waals surface area contributed by atoms with Crippen LogP contribution < -0.4 is 10.2 Å². The lowest BCUT2D eigenvalue weighted by Crippen LogP contribution is -2.41. The summed E-state index contributed by atoms with van der Waals surface area (Å²) in [5.74, 6) is -0.251. The van der Waals surface area contributed by atoms with Crippen LogP contribution in [0.25, 0.3) is 0 Å². The SMILES string of the molecule is C=C(C1CCN(C(=O)c2ccc(C(=N)c3cccc(Cl)c3)c(NC3CC3)c2)CC1)N(c1ccccc1C)C(F)F. The molecule has 0 spiro atoms. The first-order valence-corrected chi connectivity index (χ1v) is 14.0. The van der Waals surface area contributed by atoms with Gasteiger partial charge in [0.05, 0.1) is 5.71 Å². The van der Waals surface area contributed by atoms with Crippen LogP contribution in [0.3, 0.4) is 0 Å². The summed E-state index contributed by atoms with van der Waals surface area (Å²) < 4.78 is 28.2. The monoisotopic (exact) mass is 562 g/mol. The van der Waals surface area contributed by atoms with Crippen molar-refractivity contribution < 1.29 is 13.6 Å². The van der Waals surface area contributed by atoms with Crippen LogP contribution in [0.5, 0.6) is 0 Å². The van der Waals surface area contributed by atoms with E-state index in [0.717, 1.165) is 29.0 Å². The first-order chi connectivity index (χ1) is 19.2. The third kappa shape index (κ3) is 6.04. The van der Waals surface area contributed by atoms with E-state index in [0.29, 0.717) is 70.8 Å². The highest BCUT2D eigenvalue weighted by Crippen LogP contribution is 2.35. The number of allylic oxidation sites excluding steroid dienone is 1. The third-order valence-corrected chi connectivity index (χ3v) is 7.95. The van der Waals surface area contributed by atoms with Crippen LogP contribution in [0.15, 0.2) is 79.0 Å². The van der Waals surface area contributed by atoms with E-state index in [1.165, 1.54) is 0 Å². The number of alkyl halides is 2. The summed E-state index contributed by atoms with van der Waals surface area (Å²) in [6.45, 7) is 4.08. The van der Waals surface area contributed by atoms with Crippen molar-refractivity contribution in [2.75, 3.05) is 23.3 Å². The largest absolute Gasteiger partial charge is 0.382 e. The van der Waals surface area contributed by atoms with Gasteiger partial charge >= 0.3 is 6.55 Å². The highest BCUT2D eigenvalue weighted by Gasteiger charge is 2.31. The molecule has 1 aliphatic heterocycles. The lowest BCUT2D eigenvalue weighted by Gasteiger charge is -2.37. The standard InChI is InChI=1S/C32H33ClF2N4O/c1-20-6-3-4-9-29(20)39(32(34)35)21(2)22-14-16-38(17-15-22)31(40)24-10-13-27(28(19-24)37-26-11-12-26)30(36)23-7-5-8-25(33)18-23/h3-10,13,18-19,22,26,32,36-37H,2,11-12,14-17H2,1H3. The first-order valence-electron chi connectivity index (χ1n) is 13.6. The Kier molecular flexibility index (Phi) is 8.22. The predicted molar refractivity (Wildman–Crippen MR) is 158 cm³/mol. The van der Waals surface area contributed by atoms with E-state index in [2.05, 4.69) is 11.9 Å². The van der Waals surface area contributed by atoms with Crippen molar-refractivity contribution in [1.82, 2.24) is 4.90 Å². The van der Waals surface area contributed by atoms with Gasteiger partial charge in [-0.05, 0) is 74.6 Å². The average molecular weight is 563 g/mol. The van der Waals surface area contributed by atoms with Crippen LogP contribution in [-0.4, -0.2) is 42.2 Å². The molecule has 1 heterocycles. The number of para-hydroxylation sites is 1. The molecule has 0 radical (unpaired) electrons. The van der Waals surface area contributed by atoms with Gasteiger partial charge in [0.15, 0.2) is 0 Å². The van der Waals surface area contributed by atoms with Gasteiger partial charge in [0.2, 0.25) is 0 Å². The van der Waals surface area contributed by atoms with Crippen molar-refractivity contribution >= 4 is 34.6 Å². The van der Waals surface area contributed by atoms with Crippen molar-refractivity contribution in [2.45, 2.75) is 45.2 Å². The van der Waals surface area contributed by atoms with E-state index in [4.69, 9.17) is 17.0 Å². The number of amides is 1. The van der Waals surface area contributed by atoms with E-state index in [1.807, 2.05) is 43.3 Å². The molecule has 1 saturated heterocycles. The number of likely N-dealkylation sites (tertiary alicyclic amines) is 1. The average Bonchev–Trinajstić information content (AvgIpc) is 3.77. The van der Waals surface area contributed by atoms with Gasteiger partial charge in [-0.1, -0.05) is 48.5 Å². The fourth-order valence-electron chi connectivity index (χ4n) is 5.28. The van der Waals surface area contributed by atoms with Crippen LogP contribution in [0.1, 0.15) is 52.7 Å². The molecule has 0 atom stereocenters. The van der Waals surface area contributed by atoms with Crippen LogP contribution >= 0.6 is 11.6 Å². The minimum Gasteiger partial charge on any atom is -0.382 e. The van der Waals surface area contributed by atoms with Crippen LogP contribution in [-0.2, 0) is 0 Å². The van der Waals surface area contributed by atoms with E-state index < -0.39 is 6.55 Å². The zero-order valence-corrected chi connectivity index (χ0v) is 23.2. The molecule has 40 heavy (non-hydrogen) atoms. The van der Waals surface area contributed by atoms with Gasteiger partial charge in [-0.15, -0.1) is 0 Å². The summed E-state index contributed by atoms with van der Waals surface area (Å²) in [4.78, 5) is 16.3. The quantitative estimate of drug-likeness (QED) is 0.207. The minimum absolute atomic E-state index is 0.103. The third-order valence-electron chi connectivity index (χ3n) is 7.72. The van der Waals surface area contributed by atoms with Gasteiger partial charge < -0.3 is 10.2 Å². The summed E-state index contributed by atoms with van der Waals surface area (Å²) >= 11 is 6.16. The molecule has 0 bridgehead atoms. The molecule has 5 rings (SSSR count).